The minimum Gasteiger partial charge on any atom is -0.436 e. The maximum Gasteiger partial charge on any atom is 0.412 e. The molecule has 12 nitrogen and oxygen atoms in total. The van der Waals surface area contributed by atoms with Gasteiger partial charge in [-0.1, -0.05) is 11.6 Å². The summed E-state index contributed by atoms with van der Waals surface area (Å²) in [6.07, 6.45) is 2.05. The second-order valence-corrected chi connectivity index (χ2v) is 11.2. The van der Waals surface area contributed by atoms with E-state index in [1.807, 2.05) is 0 Å². The van der Waals surface area contributed by atoms with Crippen LogP contribution in [-0.4, -0.2) is 76.0 Å². The number of nitrogens with one attached hydrogen (secondary N) is 3. The Morgan fingerprint density at radius 1 is 1.10 bits per heavy atom. The summed E-state index contributed by atoms with van der Waals surface area (Å²) in [4.78, 5) is 56.3. The highest BCUT2D eigenvalue weighted by molar-refractivity contribution is 6.30. The predicted molar refractivity (Wildman–Crippen MR) is 151 cm³/mol. The number of aromatic nitrogens is 2. The number of hydrogen-bond acceptors (Lipinski definition) is 7. The number of piperidine rings is 1. The van der Waals surface area contributed by atoms with Gasteiger partial charge in [-0.25, -0.2) is 4.79 Å². The molecule has 0 radical (unpaired) electrons. The first kappa shape index (κ1) is 26.9. The van der Waals surface area contributed by atoms with E-state index in [9.17, 15) is 19.2 Å². The van der Waals surface area contributed by atoms with E-state index in [4.69, 9.17) is 22.1 Å². The van der Waals surface area contributed by atoms with Crippen LogP contribution in [0.1, 0.15) is 48.0 Å². The average Bonchev–Trinajstić information content (AvgIpc) is 3.63. The van der Waals surface area contributed by atoms with Crippen LogP contribution in [0.2, 0.25) is 5.02 Å². The van der Waals surface area contributed by atoms with Gasteiger partial charge in [-0.2, -0.15) is 5.10 Å². The fourth-order valence-electron chi connectivity index (χ4n) is 6.00. The minimum atomic E-state index is -1.12. The largest absolute Gasteiger partial charge is 0.436 e. The molecule has 0 unspecified atom stereocenters. The maximum absolute atomic E-state index is 14.0. The van der Waals surface area contributed by atoms with E-state index in [-0.39, 0.29) is 18.9 Å². The molecule has 4 heterocycles. The van der Waals surface area contributed by atoms with Crippen molar-refractivity contribution in [3.63, 3.8) is 0 Å². The highest BCUT2D eigenvalue weighted by Crippen LogP contribution is 2.43. The number of hydrogen-bond donors (Lipinski definition) is 4. The van der Waals surface area contributed by atoms with Crippen LogP contribution in [0.15, 0.2) is 36.4 Å². The third-order valence-corrected chi connectivity index (χ3v) is 8.29. The summed E-state index contributed by atoms with van der Waals surface area (Å²) >= 11 is 6.29. The Bertz CT molecular complexity index is 1550. The normalized spacial score (nSPS) is 20.9. The van der Waals surface area contributed by atoms with E-state index in [0.717, 1.165) is 12.8 Å². The van der Waals surface area contributed by atoms with E-state index in [2.05, 4.69) is 20.8 Å². The number of halogens is 1. The molecular weight excluding hydrogens is 550 g/mol. The molecule has 1 spiro atoms. The molecule has 2 aromatic carbocycles. The lowest BCUT2D eigenvalue weighted by Crippen LogP contribution is -2.57. The van der Waals surface area contributed by atoms with Crippen molar-refractivity contribution in [3.8, 4) is 0 Å². The molecule has 2 saturated heterocycles. The van der Waals surface area contributed by atoms with E-state index >= 15 is 0 Å². The van der Waals surface area contributed by atoms with Crippen LogP contribution in [0.4, 0.5) is 16.3 Å². The predicted octanol–water partition coefficient (Wildman–Crippen LogP) is 2.99. The van der Waals surface area contributed by atoms with Crippen molar-refractivity contribution in [1.29, 1.82) is 0 Å². The van der Waals surface area contributed by atoms with Gasteiger partial charge in [-0.15, -0.1) is 0 Å². The van der Waals surface area contributed by atoms with Crippen LogP contribution in [0.3, 0.4) is 0 Å². The van der Waals surface area contributed by atoms with Crippen LogP contribution in [-0.2, 0) is 19.9 Å². The fraction of sp³-hybridized carbons (Fsp3) is 0.393. The zero-order valence-electron chi connectivity index (χ0n) is 22.2. The van der Waals surface area contributed by atoms with Gasteiger partial charge in [0.1, 0.15) is 6.04 Å². The zero-order valence-corrected chi connectivity index (χ0v) is 23.0. The number of ether oxygens (including phenoxy) is 1. The molecular formula is C28H30ClN7O5. The van der Waals surface area contributed by atoms with Gasteiger partial charge in [-0.3, -0.25) is 24.8 Å². The third-order valence-electron chi connectivity index (χ3n) is 8.06. The summed E-state index contributed by atoms with van der Waals surface area (Å²) in [5.41, 5.74) is 6.87. The molecule has 6 rings (SSSR count). The number of benzene rings is 2. The highest BCUT2D eigenvalue weighted by Gasteiger charge is 2.47. The van der Waals surface area contributed by atoms with Crippen LogP contribution in [0.25, 0.3) is 10.9 Å². The summed E-state index contributed by atoms with van der Waals surface area (Å²) in [6, 6.07) is 8.88. The first-order chi connectivity index (χ1) is 19.7. The van der Waals surface area contributed by atoms with Gasteiger partial charge in [0.15, 0.2) is 11.4 Å². The van der Waals surface area contributed by atoms with Crippen molar-refractivity contribution in [2.24, 2.45) is 0 Å². The number of fused-ring (bicyclic) bond motifs is 3. The van der Waals surface area contributed by atoms with Gasteiger partial charge in [-0.05, 0) is 62.1 Å². The number of nitrogen functional groups attached to an aromatic ring is 1. The number of likely N-dealkylation sites (tertiary alicyclic amines) is 2. The van der Waals surface area contributed by atoms with Crippen LogP contribution in [0, 0.1) is 0 Å². The SMILES string of the molecule is Nc1n[nH]c2cc(C(=O)N[C@@H](CC(=O)N3CCCC3)C(=O)N3CCC[C@@]4(C3)OC(=O)Nc3ccc(Cl)cc34)ccc12. The van der Waals surface area contributed by atoms with Crippen LogP contribution < -0.4 is 16.4 Å². The van der Waals surface area contributed by atoms with Gasteiger partial charge < -0.3 is 25.6 Å². The molecule has 0 bridgehead atoms. The summed E-state index contributed by atoms with van der Waals surface area (Å²) in [7, 11) is 0. The number of carbonyl (C=O) groups is 4. The van der Waals surface area contributed by atoms with Gasteiger partial charge in [0.2, 0.25) is 11.8 Å². The number of H-pyrrole nitrogens is 1. The Morgan fingerprint density at radius 2 is 1.88 bits per heavy atom. The first-order valence-electron chi connectivity index (χ1n) is 13.6. The number of rotatable bonds is 5. The average molecular weight is 580 g/mol. The molecule has 2 fully saturated rings. The second-order valence-electron chi connectivity index (χ2n) is 10.7. The Balaban J connectivity index is 1.27. The molecule has 0 saturated carbocycles. The number of amides is 4. The van der Waals surface area contributed by atoms with Crippen molar-refractivity contribution >= 4 is 57.8 Å². The molecule has 13 heteroatoms. The molecule has 3 aliphatic rings. The van der Waals surface area contributed by atoms with Gasteiger partial charge >= 0.3 is 6.09 Å². The molecule has 3 aliphatic heterocycles. The lowest BCUT2D eigenvalue weighted by molar-refractivity contribution is -0.144. The second kappa shape index (κ2) is 10.6. The van der Waals surface area contributed by atoms with E-state index in [1.165, 1.54) is 0 Å². The van der Waals surface area contributed by atoms with Gasteiger partial charge in [0, 0.05) is 41.2 Å². The minimum absolute atomic E-state index is 0.0657. The molecule has 5 N–H and O–H groups in total. The van der Waals surface area contributed by atoms with Gasteiger partial charge in [0.25, 0.3) is 5.91 Å². The Hall–Kier alpha value is -4.32. The quantitative estimate of drug-likeness (QED) is 0.361. The molecule has 3 aromatic rings. The lowest BCUT2D eigenvalue weighted by atomic mass is 9.83. The van der Waals surface area contributed by atoms with Crippen molar-refractivity contribution in [3.05, 3.63) is 52.5 Å². The van der Waals surface area contributed by atoms with Crippen molar-refractivity contribution in [1.82, 2.24) is 25.3 Å². The van der Waals surface area contributed by atoms with Crippen molar-refractivity contribution < 1.29 is 23.9 Å². The first-order valence-corrected chi connectivity index (χ1v) is 14.0. The topological polar surface area (TPSA) is 163 Å². The van der Waals surface area contributed by atoms with E-state index < -0.39 is 29.6 Å². The fourth-order valence-corrected chi connectivity index (χ4v) is 6.17. The standard InChI is InChI=1S/C28H30ClN7O5/c29-17-5-7-20-19(13-17)28(41-27(40)32-20)8-3-11-36(15-28)26(39)22(14-23(37)35-9-1-2-10-35)31-25(38)16-4-6-18-21(12-16)33-34-24(18)30/h4-7,12-13,22H,1-3,8-11,14-15H2,(H,31,38)(H,32,40)(H3,30,33,34)/t22-,28-/m0/s1. The Labute approximate surface area is 240 Å². The molecule has 214 valence electrons. The smallest absolute Gasteiger partial charge is 0.412 e. The van der Waals surface area contributed by atoms with Crippen LogP contribution >= 0.6 is 11.6 Å². The van der Waals surface area contributed by atoms with E-state index in [1.54, 1.807) is 46.2 Å². The van der Waals surface area contributed by atoms with Crippen LogP contribution in [0.5, 0.6) is 0 Å². The number of aromatic amines is 1. The van der Waals surface area contributed by atoms with Crippen molar-refractivity contribution in [2.45, 2.75) is 43.7 Å². The monoisotopic (exact) mass is 579 g/mol. The number of carbonyl (C=O) groups excluding carboxylic acids is 4. The summed E-state index contributed by atoms with van der Waals surface area (Å²) in [5, 5.41) is 13.4. The number of nitrogens with zero attached hydrogens (tertiary/aromatic N) is 3. The highest BCUT2D eigenvalue weighted by atomic mass is 35.5. The van der Waals surface area contributed by atoms with E-state index in [0.29, 0.717) is 71.0 Å². The number of nitrogens with two attached hydrogens (primary N) is 1. The Morgan fingerprint density at radius 3 is 2.68 bits per heavy atom. The molecule has 2 atom stereocenters. The Kier molecular flexibility index (Phi) is 6.94. The number of anilines is 2. The molecule has 0 aliphatic carbocycles. The summed E-state index contributed by atoms with van der Waals surface area (Å²) < 4.78 is 5.83. The lowest BCUT2D eigenvalue weighted by Gasteiger charge is -2.45. The summed E-state index contributed by atoms with van der Waals surface area (Å²) in [6.45, 7) is 1.69. The van der Waals surface area contributed by atoms with Crippen molar-refractivity contribution in [2.75, 3.05) is 37.2 Å². The molecule has 1 aromatic heterocycles. The maximum atomic E-state index is 14.0. The third kappa shape index (κ3) is 5.15. The zero-order chi connectivity index (χ0) is 28.7. The summed E-state index contributed by atoms with van der Waals surface area (Å²) in [5.74, 6) is -0.813. The van der Waals surface area contributed by atoms with Gasteiger partial charge in [0.05, 0.1) is 24.2 Å². The molecule has 41 heavy (non-hydrogen) atoms. The molecule has 4 amide bonds.